The van der Waals surface area contributed by atoms with Crippen molar-refractivity contribution < 1.29 is 13.2 Å². The lowest BCUT2D eigenvalue weighted by Gasteiger charge is -2.16. The number of anilines is 2. The molecule has 1 saturated heterocycles. The molecule has 3 N–H and O–H groups in total. The third kappa shape index (κ3) is 2.87. The number of carbonyl (C=O) groups excluding carboxylic acids is 1. The average molecular weight is 283 g/mol. The van der Waals surface area contributed by atoms with Gasteiger partial charge in [0.25, 0.3) is 0 Å². The lowest BCUT2D eigenvalue weighted by atomic mass is 10.2. The molecule has 0 radical (unpaired) electrons. The van der Waals surface area contributed by atoms with E-state index in [9.17, 15) is 13.2 Å². The maximum atomic E-state index is 12.3. The zero-order chi connectivity index (χ0) is 14.0. The van der Waals surface area contributed by atoms with Gasteiger partial charge in [0.2, 0.25) is 15.9 Å². The van der Waals surface area contributed by atoms with Crippen LogP contribution in [-0.2, 0) is 14.8 Å². The van der Waals surface area contributed by atoms with Gasteiger partial charge in [-0.15, -0.1) is 0 Å². The van der Waals surface area contributed by atoms with Crippen molar-refractivity contribution in [1.29, 1.82) is 0 Å². The van der Waals surface area contributed by atoms with Gasteiger partial charge >= 0.3 is 0 Å². The van der Waals surface area contributed by atoms with Crippen LogP contribution in [0.4, 0.5) is 11.4 Å². The van der Waals surface area contributed by atoms with Gasteiger partial charge in [0.05, 0.1) is 16.3 Å². The van der Waals surface area contributed by atoms with E-state index < -0.39 is 10.0 Å². The van der Waals surface area contributed by atoms with Gasteiger partial charge in [-0.05, 0) is 31.0 Å². The minimum atomic E-state index is -3.47. The number of nitrogens with one attached hydrogen (secondary N) is 1. The van der Waals surface area contributed by atoms with Crippen molar-refractivity contribution in [2.75, 3.05) is 24.1 Å². The Morgan fingerprint density at radius 2 is 1.95 bits per heavy atom. The van der Waals surface area contributed by atoms with Crippen LogP contribution in [0.1, 0.15) is 19.8 Å². The summed E-state index contributed by atoms with van der Waals surface area (Å²) < 4.78 is 26.1. The van der Waals surface area contributed by atoms with Gasteiger partial charge < -0.3 is 11.1 Å². The first-order valence-electron chi connectivity index (χ1n) is 6.08. The molecule has 1 aromatic carbocycles. The van der Waals surface area contributed by atoms with E-state index in [0.717, 1.165) is 12.8 Å². The fourth-order valence-corrected chi connectivity index (χ4v) is 3.64. The third-order valence-corrected chi connectivity index (χ3v) is 4.93. The van der Waals surface area contributed by atoms with Crippen LogP contribution in [0.2, 0.25) is 0 Å². The van der Waals surface area contributed by atoms with Gasteiger partial charge in [-0.2, -0.15) is 4.31 Å². The predicted octanol–water partition coefficient (Wildman–Crippen LogP) is 1.01. The van der Waals surface area contributed by atoms with E-state index in [1.807, 2.05) is 0 Å². The van der Waals surface area contributed by atoms with Crippen molar-refractivity contribution in [2.45, 2.75) is 24.7 Å². The van der Waals surface area contributed by atoms with Crippen LogP contribution in [0.5, 0.6) is 0 Å². The number of rotatable bonds is 3. The molecule has 6 nitrogen and oxygen atoms in total. The number of benzene rings is 1. The van der Waals surface area contributed by atoms with Crippen LogP contribution in [-0.4, -0.2) is 31.7 Å². The Labute approximate surface area is 112 Å². The van der Waals surface area contributed by atoms with Gasteiger partial charge in [-0.1, -0.05) is 0 Å². The van der Waals surface area contributed by atoms with Crippen molar-refractivity contribution in [1.82, 2.24) is 4.31 Å². The summed E-state index contributed by atoms with van der Waals surface area (Å²) in [5, 5.41) is 2.55. The molecule has 0 spiro atoms. The molecule has 104 valence electrons. The fourth-order valence-electron chi connectivity index (χ4n) is 2.08. The smallest absolute Gasteiger partial charge is 0.243 e. The maximum absolute atomic E-state index is 12.3. The zero-order valence-corrected chi connectivity index (χ0v) is 11.5. The molecule has 1 amide bonds. The van der Waals surface area contributed by atoms with E-state index in [1.54, 1.807) is 0 Å². The quantitative estimate of drug-likeness (QED) is 0.810. The Balaban J connectivity index is 2.31. The number of sulfonamides is 1. The molecule has 0 bridgehead atoms. The Bertz CT molecular complexity index is 592. The molecule has 1 aliphatic rings. The number of nitrogens with two attached hydrogens (primary N) is 1. The summed E-state index contributed by atoms with van der Waals surface area (Å²) in [6, 6.07) is 4.37. The molecule has 0 aliphatic carbocycles. The lowest BCUT2D eigenvalue weighted by Crippen LogP contribution is -2.28. The van der Waals surface area contributed by atoms with Crippen molar-refractivity contribution in [3.63, 3.8) is 0 Å². The van der Waals surface area contributed by atoms with E-state index in [1.165, 1.54) is 29.4 Å². The van der Waals surface area contributed by atoms with Crippen LogP contribution in [0.3, 0.4) is 0 Å². The van der Waals surface area contributed by atoms with E-state index in [-0.39, 0.29) is 16.5 Å². The SMILES string of the molecule is CC(=O)Nc1ccc(S(=O)(=O)N2CCCC2)cc1N. The summed E-state index contributed by atoms with van der Waals surface area (Å²) in [7, 11) is -3.47. The van der Waals surface area contributed by atoms with E-state index in [2.05, 4.69) is 5.32 Å². The second kappa shape index (κ2) is 5.18. The van der Waals surface area contributed by atoms with Gasteiger partial charge in [0, 0.05) is 20.0 Å². The number of carbonyl (C=O) groups is 1. The van der Waals surface area contributed by atoms with Gasteiger partial charge in [-0.3, -0.25) is 4.79 Å². The highest BCUT2D eigenvalue weighted by Gasteiger charge is 2.27. The second-order valence-corrected chi connectivity index (χ2v) is 6.48. The highest BCUT2D eigenvalue weighted by Crippen LogP contribution is 2.26. The van der Waals surface area contributed by atoms with Crippen LogP contribution in [0, 0.1) is 0 Å². The first kappa shape index (κ1) is 13.8. The number of nitrogen functional groups attached to an aromatic ring is 1. The Hall–Kier alpha value is -1.60. The minimum Gasteiger partial charge on any atom is -0.397 e. The molecule has 0 saturated carbocycles. The second-order valence-electron chi connectivity index (χ2n) is 4.54. The summed E-state index contributed by atoms with van der Waals surface area (Å²) in [5.41, 5.74) is 6.44. The number of hydrogen-bond donors (Lipinski definition) is 2. The summed E-state index contributed by atoms with van der Waals surface area (Å²) in [6.45, 7) is 2.47. The van der Waals surface area contributed by atoms with Crippen molar-refractivity contribution in [3.8, 4) is 0 Å². The Kier molecular flexibility index (Phi) is 3.77. The lowest BCUT2D eigenvalue weighted by molar-refractivity contribution is -0.114. The third-order valence-electron chi connectivity index (χ3n) is 3.04. The van der Waals surface area contributed by atoms with Crippen LogP contribution in [0.25, 0.3) is 0 Å². The van der Waals surface area contributed by atoms with Gasteiger partial charge in [0.1, 0.15) is 0 Å². The molecular weight excluding hydrogens is 266 g/mol. The number of amides is 1. The highest BCUT2D eigenvalue weighted by molar-refractivity contribution is 7.89. The van der Waals surface area contributed by atoms with Crippen molar-refractivity contribution in [2.24, 2.45) is 0 Å². The van der Waals surface area contributed by atoms with Crippen LogP contribution >= 0.6 is 0 Å². The summed E-state index contributed by atoms with van der Waals surface area (Å²) in [6.07, 6.45) is 1.78. The van der Waals surface area contributed by atoms with Crippen molar-refractivity contribution >= 4 is 27.3 Å². The molecule has 19 heavy (non-hydrogen) atoms. The molecule has 1 heterocycles. The maximum Gasteiger partial charge on any atom is 0.243 e. The van der Waals surface area contributed by atoms with E-state index in [0.29, 0.717) is 18.8 Å². The summed E-state index contributed by atoms with van der Waals surface area (Å²) in [5.74, 6) is -0.248. The monoisotopic (exact) mass is 283 g/mol. The standard InChI is InChI=1S/C12H17N3O3S/c1-9(16)14-12-5-4-10(8-11(12)13)19(17,18)15-6-2-3-7-15/h4-5,8H,2-3,6-7,13H2,1H3,(H,14,16). The molecule has 7 heteroatoms. The summed E-state index contributed by atoms with van der Waals surface area (Å²) in [4.78, 5) is 11.1. The van der Waals surface area contributed by atoms with Crippen molar-refractivity contribution in [3.05, 3.63) is 18.2 Å². The molecule has 1 aromatic rings. The average Bonchev–Trinajstić information content (AvgIpc) is 2.85. The molecular formula is C12H17N3O3S. The molecule has 2 rings (SSSR count). The Morgan fingerprint density at radius 1 is 1.32 bits per heavy atom. The topological polar surface area (TPSA) is 92.5 Å². The number of nitrogens with zero attached hydrogens (tertiary/aromatic N) is 1. The number of hydrogen-bond acceptors (Lipinski definition) is 4. The van der Waals surface area contributed by atoms with E-state index in [4.69, 9.17) is 5.73 Å². The first-order chi connectivity index (χ1) is 8.91. The first-order valence-corrected chi connectivity index (χ1v) is 7.52. The van der Waals surface area contributed by atoms with Gasteiger partial charge in [-0.25, -0.2) is 8.42 Å². The van der Waals surface area contributed by atoms with Crippen LogP contribution in [0.15, 0.2) is 23.1 Å². The predicted molar refractivity (Wildman–Crippen MR) is 73.2 cm³/mol. The molecule has 1 aliphatic heterocycles. The zero-order valence-electron chi connectivity index (χ0n) is 10.7. The molecule has 0 atom stereocenters. The molecule has 0 unspecified atom stereocenters. The molecule has 0 aromatic heterocycles. The minimum absolute atomic E-state index is 0.168. The highest BCUT2D eigenvalue weighted by atomic mass is 32.2. The van der Waals surface area contributed by atoms with Gasteiger partial charge in [0.15, 0.2) is 0 Å². The molecule has 1 fully saturated rings. The van der Waals surface area contributed by atoms with E-state index >= 15 is 0 Å². The Morgan fingerprint density at radius 3 is 2.47 bits per heavy atom. The normalized spacial score (nSPS) is 16.5. The van der Waals surface area contributed by atoms with Crippen LogP contribution < -0.4 is 11.1 Å². The summed E-state index contributed by atoms with van der Waals surface area (Å²) >= 11 is 0. The largest absolute Gasteiger partial charge is 0.397 e. The fraction of sp³-hybridized carbons (Fsp3) is 0.417.